The zero-order valence-electron chi connectivity index (χ0n) is 12.8. The van der Waals surface area contributed by atoms with Crippen molar-refractivity contribution < 1.29 is 9.53 Å². The van der Waals surface area contributed by atoms with E-state index < -0.39 is 0 Å². The molecule has 1 fully saturated rings. The number of rotatable bonds is 6. The van der Waals surface area contributed by atoms with Gasteiger partial charge in [-0.1, -0.05) is 48.0 Å². The van der Waals surface area contributed by atoms with Crippen LogP contribution in [0.2, 0.25) is 0 Å². The van der Waals surface area contributed by atoms with Gasteiger partial charge in [-0.05, 0) is 43.4 Å². The van der Waals surface area contributed by atoms with Crippen molar-refractivity contribution in [1.82, 2.24) is 5.32 Å². The number of amides is 1. The van der Waals surface area contributed by atoms with Crippen molar-refractivity contribution in [2.75, 3.05) is 6.61 Å². The SMILES string of the molecule is Cc1ccc(OCC(=O)NC(c2ccccc2)C2CC2)cc1. The van der Waals surface area contributed by atoms with Gasteiger partial charge in [-0.25, -0.2) is 0 Å². The molecule has 3 rings (SSSR count). The number of nitrogens with one attached hydrogen (secondary N) is 1. The van der Waals surface area contributed by atoms with E-state index in [0.717, 1.165) is 5.75 Å². The van der Waals surface area contributed by atoms with E-state index in [1.807, 2.05) is 49.4 Å². The normalized spacial score (nSPS) is 15.1. The zero-order valence-corrected chi connectivity index (χ0v) is 12.8. The predicted octanol–water partition coefficient (Wildman–Crippen LogP) is 3.64. The third-order valence-electron chi connectivity index (χ3n) is 3.96. The van der Waals surface area contributed by atoms with Crippen LogP contribution >= 0.6 is 0 Å². The van der Waals surface area contributed by atoms with Crippen LogP contribution in [0.3, 0.4) is 0 Å². The van der Waals surface area contributed by atoms with E-state index in [1.165, 1.54) is 24.0 Å². The topological polar surface area (TPSA) is 38.3 Å². The Bertz CT molecular complexity index is 618. The molecule has 1 unspecified atom stereocenters. The quantitative estimate of drug-likeness (QED) is 0.883. The lowest BCUT2D eigenvalue weighted by Crippen LogP contribution is -2.33. The fraction of sp³-hybridized carbons (Fsp3) is 0.316. The molecule has 114 valence electrons. The van der Waals surface area contributed by atoms with Gasteiger partial charge >= 0.3 is 0 Å². The summed E-state index contributed by atoms with van der Waals surface area (Å²) in [5.74, 6) is 1.22. The van der Waals surface area contributed by atoms with Crippen LogP contribution < -0.4 is 10.1 Å². The van der Waals surface area contributed by atoms with Gasteiger partial charge in [0.2, 0.25) is 0 Å². The van der Waals surface area contributed by atoms with Gasteiger partial charge in [-0.2, -0.15) is 0 Å². The largest absolute Gasteiger partial charge is 0.484 e. The van der Waals surface area contributed by atoms with Gasteiger partial charge in [0.25, 0.3) is 5.91 Å². The molecule has 1 amide bonds. The highest BCUT2D eigenvalue weighted by Crippen LogP contribution is 2.40. The number of carbonyl (C=O) groups is 1. The van der Waals surface area contributed by atoms with E-state index >= 15 is 0 Å². The molecule has 1 saturated carbocycles. The van der Waals surface area contributed by atoms with Gasteiger partial charge in [-0.15, -0.1) is 0 Å². The summed E-state index contributed by atoms with van der Waals surface area (Å²) in [6, 6.07) is 18.0. The summed E-state index contributed by atoms with van der Waals surface area (Å²) in [6.07, 6.45) is 2.36. The van der Waals surface area contributed by atoms with Gasteiger partial charge in [-0.3, -0.25) is 4.79 Å². The average Bonchev–Trinajstić information content (AvgIpc) is 3.38. The molecule has 22 heavy (non-hydrogen) atoms. The second-order valence-corrected chi connectivity index (χ2v) is 5.90. The van der Waals surface area contributed by atoms with Crippen LogP contribution in [0.25, 0.3) is 0 Å². The number of hydrogen-bond donors (Lipinski definition) is 1. The van der Waals surface area contributed by atoms with Gasteiger partial charge < -0.3 is 10.1 Å². The van der Waals surface area contributed by atoms with Crippen molar-refractivity contribution in [2.45, 2.75) is 25.8 Å². The highest BCUT2D eigenvalue weighted by Gasteiger charge is 2.33. The molecule has 2 aromatic rings. The maximum atomic E-state index is 12.2. The molecule has 1 atom stereocenters. The van der Waals surface area contributed by atoms with Gasteiger partial charge in [0.1, 0.15) is 5.75 Å². The molecule has 1 aliphatic rings. The highest BCUT2D eigenvalue weighted by molar-refractivity contribution is 5.78. The molecule has 0 aliphatic heterocycles. The van der Waals surface area contributed by atoms with Crippen molar-refractivity contribution in [3.63, 3.8) is 0 Å². The summed E-state index contributed by atoms with van der Waals surface area (Å²) in [4.78, 5) is 12.2. The molecule has 1 aliphatic carbocycles. The van der Waals surface area contributed by atoms with Crippen molar-refractivity contribution in [2.24, 2.45) is 5.92 Å². The maximum Gasteiger partial charge on any atom is 0.258 e. The number of ether oxygens (including phenoxy) is 1. The molecule has 3 nitrogen and oxygen atoms in total. The van der Waals surface area contributed by atoms with Crippen LogP contribution in [0.4, 0.5) is 0 Å². The Morgan fingerprint density at radius 2 is 1.82 bits per heavy atom. The smallest absolute Gasteiger partial charge is 0.258 e. The molecule has 3 heteroatoms. The zero-order chi connectivity index (χ0) is 15.4. The number of benzene rings is 2. The highest BCUT2D eigenvalue weighted by atomic mass is 16.5. The first-order valence-electron chi connectivity index (χ1n) is 7.76. The molecule has 0 heterocycles. The fourth-order valence-corrected chi connectivity index (χ4v) is 2.56. The van der Waals surface area contributed by atoms with Crippen LogP contribution in [0.15, 0.2) is 54.6 Å². The third-order valence-corrected chi connectivity index (χ3v) is 3.96. The van der Waals surface area contributed by atoms with Gasteiger partial charge in [0.15, 0.2) is 6.61 Å². The van der Waals surface area contributed by atoms with Crippen LogP contribution in [-0.2, 0) is 4.79 Å². The summed E-state index contributed by atoms with van der Waals surface area (Å²) < 4.78 is 5.55. The molecule has 0 saturated heterocycles. The Balaban J connectivity index is 1.56. The minimum atomic E-state index is -0.0682. The molecule has 0 bridgehead atoms. The Labute approximate surface area is 131 Å². The standard InChI is InChI=1S/C19H21NO2/c1-14-7-11-17(12-8-14)22-13-18(21)20-19(16-9-10-16)15-5-3-2-4-6-15/h2-8,11-12,16,19H,9-10,13H2,1H3,(H,20,21). The molecule has 1 N–H and O–H groups in total. The van der Waals surface area contributed by atoms with Gasteiger partial charge in [0.05, 0.1) is 6.04 Å². The lowest BCUT2D eigenvalue weighted by Gasteiger charge is -2.19. The number of aryl methyl sites for hydroxylation is 1. The van der Waals surface area contributed by atoms with Crippen LogP contribution in [0.5, 0.6) is 5.75 Å². The molecule has 0 spiro atoms. The fourth-order valence-electron chi connectivity index (χ4n) is 2.56. The second kappa shape index (κ2) is 6.65. The van der Waals surface area contributed by atoms with E-state index in [2.05, 4.69) is 17.4 Å². The first kappa shape index (κ1) is 14.6. The summed E-state index contributed by atoms with van der Waals surface area (Å²) in [5.41, 5.74) is 2.35. The Kier molecular flexibility index (Phi) is 4.42. The minimum absolute atomic E-state index is 0.0547. The second-order valence-electron chi connectivity index (χ2n) is 5.90. The van der Waals surface area contributed by atoms with Crippen LogP contribution in [-0.4, -0.2) is 12.5 Å². The Hall–Kier alpha value is -2.29. The van der Waals surface area contributed by atoms with E-state index in [0.29, 0.717) is 5.92 Å². The lowest BCUT2D eigenvalue weighted by atomic mass is 10.0. The van der Waals surface area contributed by atoms with E-state index in [9.17, 15) is 4.79 Å². The first-order chi connectivity index (χ1) is 10.7. The van der Waals surface area contributed by atoms with Crippen LogP contribution in [0, 0.1) is 12.8 Å². The van der Waals surface area contributed by atoms with Crippen molar-refractivity contribution >= 4 is 5.91 Å². The molecule has 0 aromatic heterocycles. The van der Waals surface area contributed by atoms with Crippen molar-refractivity contribution in [3.05, 3.63) is 65.7 Å². The Morgan fingerprint density at radius 1 is 1.14 bits per heavy atom. The molecule has 0 radical (unpaired) electrons. The van der Waals surface area contributed by atoms with Crippen molar-refractivity contribution in [1.29, 1.82) is 0 Å². The molecular weight excluding hydrogens is 274 g/mol. The van der Waals surface area contributed by atoms with E-state index in [1.54, 1.807) is 0 Å². The van der Waals surface area contributed by atoms with Crippen molar-refractivity contribution in [3.8, 4) is 5.75 Å². The maximum absolute atomic E-state index is 12.2. The first-order valence-corrected chi connectivity index (χ1v) is 7.76. The lowest BCUT2D eigenvalue weighted by molar-refractivity contribution is -0.124. The summed E-state index contributed by atoms with van der Waals surface area (Å²) >= 11 is 0. The summed E-state index contributed by atoms with van der Waals surface area (Å²) in [5, 5.41) is 3.11. The monoisotopic (exact) mass is 295 g/mol. The summed E-state index contributed by atoms with van der Waals surface area (Å²) in [7, 11) is 0. The van der Waals surface area contributed by atoms with E-state index in [-0.39, 0.29) is 18.6 Å². The number of carbonyl (C=O) groups excluding carboxylic acids is 1. The van der Waals surface area contributed by atoms with Crippen LogP contribution in [0.1, 0.15) is 30.0 Å². The average molecular weight is 295 g/mol. The predicted molar refractivity (Wildman–Crippen MR) is 86.7 cm³/mol. The minimum Gasteiger partial charge on any atom is -0.484 e. The van der Waals surface area contributed by atoms with Gasteiger partial charge in [0, 0.05) is 0 Å². The molecule has 2 aromatic carbocycles. The summed E-state index contributed by atoms with van der Waals surface area (Å²) in [6.45, 7) is 2.08. The molecular formula is C19H21NO2. The van der Waals surface area contributed by atoms with E-state index in [4.69, 9.17) is 4.74 Å². The Morgan fingerprint density at radius 3 is 2.45 bits per heavy atom. The number of hydrogen-bond acceptors (Lipinski definition) is 2. The third kappa shape index (κ3) is 3.88.